The lowest BCUT2D eigenvalue weighted by Gasteiger charge is -2.12. The standard InChI is InChI=1S/C13H19NO3/c1-3-5-9-17-12-10(13(15)16-4-2)7-6-8-11(12)14/h6-8H,3-5,9,14H2,1-2H3. The van der Waals surface area contributed by atoms with Crippen LogP contribution in [0.1, 0.15) is 37.0 Å². The molecule has 0 bridgehead atoms. The molecule has 1 aromatic rings. The van der Waals surface area contributed by atoms with Crippen LogP contribution in [0.15, 0.2) is 18.2 Å². The number of para-hydroxylation sites is 1. The van der Waals surface area contributed by atoms with Crippen LogP contribution >= 0.6 is 0 Å². The number of nitrogen functional groups attached to an aromatic ring is 1. The number of hydrogen-bond acceptors (Lipinski definition) is 4. The molecule has 1 aromatic carbocycles. The van der Waals surface area contributed by atoms with Gasteiger partial charge in [-0.15, -0.1) is 0 Å². The maximum atomic E-state index is 11.7. The molecule has 0 unspecified atom stereocenters. The zero-order valence-corrected chi connectivity index (χ0v) is 10.4. The largest absolute Gasteiger partial charge is 0.491 e. The number of unbranched alkanes of at least 4 members (excludes halogenated alkanes) is 1. The molecule has 0 heterocycles. The Balaban J connectivity index is 2.87. The summed E-state index contributed by atoms with van der Waals surface area (Å²) >= 11 is 0. The normalized spacial score (nSPS) is 10.0. The van der Waals surface area contributed by atoms with Crippen LogP contribution in [-0.4, -0.2) is 19.2 Å². The Morgan fingerprint density at radius 2 is 2.12 bits per heavy atom. The summed E-state index contributed by atoms with van der Waals surface area (Å²) < 4.78 is 10.5. The van der Waals surface area contributed by atoms with Crippen LogP contribution in [-0.2, 0) is 4.74 Å². The summed E-state index contributed by atoms with van der Waals surface area (Å²) in [7, 11) is 0. The molecule has 94 valence electrons. The summed E-state index contributed by atoms with van der Waals surface area (Å²) in [5, 5.41) is 0. The Bertz CT molecular complexity index is 377. The molecule has 0 fully saturated rings. The van der Waals surface area contributed by atoms with E-state index in [4.69, 9.17) is 15.2 Å². The SMILES string of the molecule is CCCCOc1c(N)cccc1C(=O)OCC. The lowest BCUT2D eigenvalue weighted by atomic mass is 10.1. The number of ether oxygens (including phenoxy) is 2. The van der Waals surface area contributed by atoms with Gasteiger partial charge in [-0.25, -0.2) is 4.79 Å². The van der Waals surface area contributed by atoms with Crippen LogP contribution < -0.4 is 10.5 Å². The highest BCUT2D eigenvalue weighted by Gasteiger charge is 2.15. The topological polar surface area (TPSA) is 61.5 Å². The average Bonchev–Trinajstić information content (AvgIpc) is 2.31. The third-order valence-corrected chi connectivity index (χ3v) is 2.29. The van der Waals surface area contributed by atoms with Crippen molar-refractivity contribution >= 4 is 11.7 Å². The lowest BCUT2D eigenvalue weighted by molar-refractivity contribution is 0.0522. The van der Waals surface area contributed by atoms with Gasteiger partial charge in [-0.1, -0.05) is 19.4 Å². The first-order chi connectivity index (χ1) is 8.20. The highest BCUT2D eigenvalue weighted by atomic mass is 16.5. The van der Waals surface area contributed by atoms with Gasteiger partial charge in [0.15, 0.2) is 5.75 Å². The fourth-order valence-corrected chi connectivity index (χ4v) is 1.40. The molecule has 17 heavy (non-hydrogen) atoms. The third kappa shape index (κ3) is 3.66. The maximum Gasteiger partial charge on any atom is 0.341 e. The number of carbonyl (C=O) groups is 1. The van der Waals surface area contributed by atoms with Gasteiger partial charge in [0.2, 0.25) is 0 Å². The van der Waals surface area contributed by atoms with Gasteiger partial charge in [-0.05, 0) is 25.5 Å². The van der Waals surface area contributed by atoms with Crippen molar-refractivity contribution in [3.63, 3.8) is 0 Å². The second-order valence-electron chi connectivity index (χ2n) is 3.65. The van der Waals surface area contributed by atoms with Crippen molar-refractivity contribution in [1.82, 2.24) is 0 Å². The van der Waals surface area contributed by atoms with E-state index in [-0.39, 0.29) is 0 Å². The predicted molar refractivity (Wildman–Crippen MR) is 67.2 cm³/mol. The van der Waals surface area contributed by atoms with Crippen molar-refractivity contribution in [3.8, 4) is 5.75 Å². The molecule has 0 aliphatic rings. The molecular weight excluding hydrogens is 218 g/mol. The van der Waals surface area contributed by atoms with Gasteiger partial charge in [0.25, 0.3) is 0 Å². The van der Waals surface area contributed by atoms with Crippen molar-refractivity contribution in [2.24, 2.45) is 0 Å². The highest BCUT2D eigenvalue weighted by Crippen LogP contribution is 2.27. The summed E-state index contributed by atoms with van der Waals surface area (Å²) in [5.74, 6) is 0.0331. The van der Waals surface area contributed by atoms with Crippen LogP contribution in [0.2, 0.25) is 0 Å². The zero-order chi connectivity index (χ0) is 12.7. The van der Waals surface area contributed by atoms with Crippen molar-refractivity contribution < 1.29 is 14.3 Å². The predicted octanol–water partition coefficient (Wildman–Crippen LogP) is 2.62. The molecule has 4 heteroatoms. The first-order valence-corrected chi connectivity index (χ1v) is 5.89. The summed E-state index contributed by atoms with van der Waals surface area (Å²) in [4.78, 5) is 11.7. The van der Waals surface area contributed by atoms with E-state index in [0.29, 0.717) is 30.2 Å². The molecule has 0 saturated carbocycles. The van der Waals surface area contributed by atoms with Gasteiger partial charge in [-0.2, -0.15) is 0 Å². The molecule has 0 saturated heterocycles. The van der Waals surface area contributed by atoms with E-state index in [9.17, 15) is 4.79 Å². The monoisotopic (exact) mass is 237 g/mol. The second-order valence-corrected chi connectivity index (χ2v) is 3.65. The van der Waals surface area contributed by atoms with Crippen molar-refractivity contribution in [2.45, 2.75) is 26.7 Å². The number of carbonyl (C=O) groups excluding carboxylic acids is 1. The van der Waals surface area contributed by atoms with Gasteiger partial charge in [0.1, 0.15) is 5.56 Å². The maximum absolute atomic E-state index is 11.7. The van der Waals surface area contributed by atoms with Gasteiger partial charge < -0.3 is 15.2 Å². The zero-order valence-electron chi connectivity index (χ0n) is 10.4. The first kappa shape index (κ1) is 13.4. The molecule has 0 aliphatic heterocycles. The minimum atomic E-state index is -0.397. The Morgan fingerprint density at radius 1 is 1.35 bits per heavy atom. The number of esters is 1. The van der Waals surface area contributed by atoms with Gasteiger partial charge in [-0.3, -0.25) is 0 Å². The van der Waals surface area contributed by atoms with Crippen molar-refractivity contribution in [1.29, 1.82) is 0 Å². The van der Waals surface area contributed by atoms with Crippen LogP contribution in [0.3, 0.4) is 0 Å². The van der Waals surface area contributed by atoms with E-state index in [0.717, 1.165) is 12.8 Å². The molecule has 0 atom stereocenters. The second kappa shape index (κ2) is 6.78. The molecular formula is C13H19NO3. The Kier molecular flexibility index (Phi) is 5.33. The fourth-order valence-electron chi connectivity index (χ4n) is 1.40. The fraction of sp³-hybridized carbons (Fsp3) is 0.462. The van der Waals surface area contributed by atoms with E-state index in [1.807, 2.05) is 0 Å². The molecule has 0 amide bonds. The van der Waals surface area contributed by atoms with Crippen molar-refractivity contribution in [2.75, 3.05) is 18.9 Å². The Hall–Kier alpha value is -1.71. The van der Waals surface area contributed by atoms with Crippen LogP contribution in [0.4, 0.5) is 5.69 Å². The van der Waals surface area contributed by atoms with Crippen LogP contribution in [0, 0.1) is 0 Å². The van der Waals surface area contributed by atoms with E-state index in [2.05, 4.69) is 6.92 Å². The summed E-state index contributed by atoms with van der Waals surface area (Å²) in [6, 6.07) is 5.09. The summed E-state index contributed by atoms with van der Waals surface area (Å²) in [5.41, 5.74) is 6.66. The van der Waals surface area contributed by atoms with E-state index < -0.39 is 5.97 Å². The van der Waals surface area contributed by atoms with E-state index in [1.54, 1.807) is 25.1 Å². The van der Waals surface area contributed by atoms with Crippen molar-refractivity contribution in [3.05, 3.63) is 23.8 Å². The average molecular weight is 237 g/mol. The van der Waals surface area contributed by atoms with E-state index >= 15 is 0 Å². The molecule has 0 aromatic heterocycles. The molecule has 4 nitrogen and oxygen atoms in total. The molecule has 0 spiro atoms. The third-order valence-electron chi connectivity index (χ3n) is 2.29. The molecule has 0 radical (unpaired) electrons. The van der Waals surface area contributed by atoms with E-state index in [1.165, 1.54) is 0 Å². The number of hydrogen-bond donors (Lipinski definition) is 1. The number of nitrogens with two attached hydrogens (primary N) is 1. The van der Waals surface area contributed by atoms with Gasteiger partial charge in [0.05, 0.1) is 18.9 Å². The number of rotatable bonds is 6. The lowest BCUT2D eigenvalue weighted by Crippen LogP contribution is -2.10. The van der Waals surface area contributed by atoms with Gasteiger partial charge in [0, 0.05) is 0 Å². The first-order valence-electron chi connectivity index (χ1n) is 5.89. The minimum absolute atomic E-state index is 0.335. The molecule has 0 aliphatic carbocycles. The smallest absolute Gasteiger partial charge is 0.341 e. The summed E-state index contributed by atoms with van der Waals surface area (Å²) in [6.45, 7) is 4.73. The molecule has 2 N–H and O–H groups in total. The quantitative estimate of drug-likeness (QED) is 0.469. The Labute approximate surface area is 102 Å². The van der Waals surface area contributed by atoms with Crippen LogP contribution in [0.25, 0.3) is 0 Å². The Morgan fingerprint density at radius 3 is 2.76 bits per heavy atom. The van der Waals surface area contributed by atoms with Gasteiger partial charge >= 0.3 is 5.97 Å². The number of anilines is 1. The number of benzene rings is 1. The molecule has 1 rings (SSSR count). The highest BCUT2D eigenvalue weighted by molar-refractivity contribution is 5.94. The summed E-state index contributed by atoms with van der Waals surface area (Å²) in [6.07, 6.45) is 1.96. The minimum Gasteiger partial charge on any atom is -0.491 e. The van der Waals surface area contributed by atoms with Crippen LogP contribution in [0.5, 0.6) is 5.75 Å².